The van der Waals surface area contributed by atoms with Gasteiger partial charge in [-0.3, -0.25) is 14.9 Å². The zero-order valence-corrected chi connectivity index (χ0v) is 12.7. The van der Waals surface area contributed by atoms with Gasteiger partial charge in [0.25, 0.3) is 5.69 Å². The number of aliphatic hydroxyl groups is 1. The van der Waals surface area contributed by atoms with E-state index in [1.165, 1.54) is 43.0 Å². The molecule has 114 valence electrons. The molecule has 6 heteroatoms. The lowest BCUT2D eigenvalue weighted by Gasteiger charge is -2.20. The van der Waals surface area contributed by atoms with E-state index in [0.29, 0.717) is 5.56 Å². The Kier molecular flexibility index (Phi) is 5.30. The lowest BCUT2D eigenvalue weighted by Crippen LogP contribution is -2.22. The molecule has 0 aliphatic carbocycles. The number of hydrogen-bond donors (Lipinski definition) is 1. The lowest BCUT2D eigenvalue weighted by molar-refractivity contribution is -0.384. The molecule has 0 heterocycles. The number of rotatable bonds is 6. The van der Waals surface area contributed by atoms with Gasteiger partial charge < -0.3 is 5.11 Å². The largest absolute Gasteiger partial charge is 0.387 e. The van der Waals surface area contributed by atoms with Crippen LogP contribution in [0.1, 0.15) is 18.6 Å². The van der Waals surface area contributed by atoms with E-state index in [1.54, 1.807) is 0 Å². The van der Waals surface area contributed by atoms with Crippen molar-refractivity contribution in [1.29, 1.82) is 0 Å². The molecule has 0 aromatic heterocycles. The van der Waals surface area contributed by atoms with Crippen LogP contribution in [0.4, 0.5) is 5.69 Å². The number of nitro groups is 1. The predicted molar refractivity (Wildman–Crippen MR) is 84.8 cm³/mol. The van der Waals surface area contributed by atoms with Crippen LogP contribution >= 0.6 is 11.8 Å². The van der Waals surface area contributed by atoms with Crippen LogP contribution in [0.2, 0.25) is 0 Å². The summed E-state index contributed by atoms with van der Waals surface area (Å²) in [6.07, 6.45) is -1.02. The summed E-state index contributed by atoms with van der Waals surface area (Å²) in [7, 11) is 0. The molecule has 1 N–H and O–H groups in total. The van der Waals surface area contributed by atoms with Crippen LogP contribution in [0.25, 0.3) is 0 Å². The lowest BCUT2D eigenvalue weighted by atomic mass is 10.0. The van der Waals surface area contributed by atoms with Crippen molar-refractivity contribution in [3.05, 3.63) is 70.3 Å². The number of thioether (sulfide) groups is 1. The van der Waals surface area contributed by atoms with Gasteiger partial charge in [0.2, 0.25) is 0 Å². The van der Waals surface area contributed by atoms with Crippen molar-refractivity contribution in [2.75, 3.05) is 0 Å². The first-order chi connectivity index (χ1) is 10.5. The number of aliphatic hydroxyl groups excluding tert-OH is 1. The highest BCUT2D eigenvalue weighted by molar-refractivity contribution is 8.00. The maximum absolute atomic E-state index is 11.8. The molecule has 0 spiro atoms. The van der Waals surface area contributed by atoms with E-state index in [-0.39, 0.29) is 11.5 Å². The number of Topliss-reactive ketones (excluding diaryl/α,β-unsaturated/α-hetero) is 1. The third-order valence-electron chi connectivity index (χ3n) is 3.14. The third kappa shape index (κ3) is 3.93. The van der Waals surface area contributed by atoms with E-state index in [0.717, 1.165) is 4.90 Å². The van der Waals surface area contributed by atoms with Crippen LogP contribution in [-0.4, -0.2) is 21.1 Å². The molecule has 5 nitrogen and oxygen atoms in total. The number of nitro benzene ring substituents is 1. The summed E-state index contributed by atoms with van der Waals surface area (Å²) < 4.78 is 0. The molecule has 0 aliphatic rings. The van der Waals surface area contributed by atoms with Crippen LogP contribution in [-0.2, 0) is 4.79 Å². The SMILES string of the molecule is CC(=O)C(Sc1ccccc1)[C@@H](O)c1ccc([N+](=O)[O-])cc1. The van der Waals surface area contributed by atoms with Gasteiger partial charge in [-0.05, 0) is 36.8 Å². The number of carbonyl (C=O) groups is 1. The van der Waals surface area contributed by atoms with Crippen LogP contribution < -0.4 is 0 Å². The number of benzene rings is 2. The maximum atomic E-state index is 11.8. The van der Waals surface area contributed by atoms with Crippen LogP contribution in [0.15, 0.2) is 59.5 Å². The van der Waals surface area contributed by atoms with E-state index in [2.05, 4.69) is 0 Å². The van der Waals surface area contributed by atoms with Crippen LogP contribution in [0, 0.1) is 10.1 Å². The Labute approximate surface area is 132 Å². The summed E-state index contributed by atoms with van der Waals surface area (Å²) in [5.41, 5.74) is 0.431. The Morgan fingerprint density at radius 3 is 2.23 bits per heavy atom. The maximum Gasteiger partial charge on any atom is 0.269 e. The number of carbonyl (C=O) groups excluding carboxylic acids is 1. The van der Waals surface area contributed by atoms with Crippen molar-refractivity contribution in [2.24, 2.45) is 0 Å². The molecule has 0 amide bonds. The Morgan fingerprint density at radius 2 is 1.73 bits per heavy atom. The van der Waals surface area contributed by atoms with Crippen molar-refractivity contribution in [3.63, 3.8) is 0 Å². The Balaban J connectivity index is 2.20. The summed E-state index contributed by atoms with van der Waals surface area (Å²) in [4.78, 5) is 22.9. The highest BCUT2D eigenvalue weighted by atomic mass is 32.2. The molecule has 2 rings (SSSR count). The van der Waals surface area contributed by atoms with E-state index >= 15 is 0 Å². The smallest absolute Gasteiger partial charge is 0.269 e. The molecule has 0 saturated carbocycles. The standard InChI is InChI=1S/C16H15NO4S/c1-11(18)16(22-14-5-3-2-4-6-14)15(19)12-7-9-13(10-8-12)17(20)21/h2-10,15-16,19H,1H3/t15-,16?/m0/s1. The van der Waals surface area contributed by atoms with Gasteiger partial charge in [0.15, 0.2) is 0 Å². The number of non-ortho nitro benzene ring substituents is 1. The fraction of sp³-hybridized carbons (Fsp3) is 0.188. The molecule has 0 aliphatic heterocycles. The van der Waals surface area contributed by atoms with Gasteiger partial charge in [-0.15, -0.1) is 11.8 Å². The minimum atomic E-state index is -1.02. The molecule has 0 bridgehead atoms. The van der Waals surface area contributed by atoms with Crippen molar-refractivity contribution >= 4 is 23.2 Å². The Morgan fingerprint density at radius 1 is 1.14 bits per heavy atom. The summed E-state index contributed by atoms with van der Waals surface area (Å²) in [5.74, 6) is -0.153. The van der Waals surface area contributed by atoms with Crippen molar-refractivity contribution < 1.29 is 14.8 Å². The van der Waals surface area contributed by atoms with Crippen LogP contribution in [0.3, 0.4) is 0 Å². The van der Waals surface area contributed by atoms with E-state index in [9.17, 15) is 20.0 Å². The monoisotopic (exact) mass is 317 g/mol. The first kappa shape index (κ1) is 16.2. The average molecular weight is 317 g/mol. The van der Waals surface area contributed by atoms with Gasteiger partial charge in [-0.1, -0.05) is 18.2 Å². The van der Waals surface area contributed by atoms with Crippen molar-refractivity contribution in [1.82, 2.24) is 0 Å². The molecule has 0 saturated heterocycles. The predicted octanol–water partition coefficient (Wildman–Crippen LogP) is 3.38. The Hall–Kier alpha value is -2.18. The molecular weight excluding hydrogens is 302 g/mol. The summed E-state index contributed by atoms with van der Waals surface area (Å²) in [6, 6.07) is 14.9. The van der Waals surface area contributed by atoms with Gasteiger partial charge in [-0.25, -0.2) is 0 Å². The Bertz CT molecular complexity index is 658. The number of nitrogens with zero attached hydrogens (tertiary/aromatic N) is 1. The second-order valence-electron chi connectivity index (χ2n) is 4.76. The second-order valence-corrected chi connectivity index (χ2v) is 5.97. The second kappa shape index (κ2) is 7.20. The van der Waals surface area contributed by atoms with E-state index in [1.807, 2.05) is 30.3 Å². The molecular formula is C16H15NO4S. The molecule has 2 aromatic rings. The van der Waals surface area contributed by atoms with E-state index < -0.39 is 16.3 Å². The first-order valence-electron chi connectivity index (χ1n) is 6.63. The summed E-state index contributed by atoms with van der Waals surface area (Å²) >= 11 is 1.28. The van der Waals surface area contributed by atoms with Gasteiger partial charge in [0.05, 0.1) is 16.3 Å². The first-order valence-corrected chi connectivity index (χ1v) is 7.51. The molecule has 0 radical (unpaired) electrons. The zero-order chi connectivity index (χ0) is 16.1. The minimum absolute atomic E-state index is 0.0500. The van der Waals surface area contributed by atoms with Gasteiger partial charge in [-0.2, -0.15) is 0 Å². The quantitative estimate of drug-likeness (QED) is 0.502. The minimum Gasteiger partial charge on any atom is -0.387 e. The molecule has 2 atom stereocenters. The normalized spacial score (nSPS) is 13.4. The van der Waals surface area contributed by atoms with Gasteiger partial charge in [0, 0.05) is 17.0 Å². The van der Waals surface area contributed by atoms with Crippen molar-refractivity contribution in [3.8, 4) is 0 Å². The summed E-state index contributed by atoms with van der Waals surface area (Å²) in [5, 5.41) is 20.4. The topological polar surface area (TPSA) is 80.4 Å². The molecule has 1 unspecified atom stereocenters. The molecule has 2 aromatic carbocycles. The number of hydrogen-bond acceptors (Lipinski definition) is 5. The third-order valence-corrected chi connectivity index (χ3v) is 4.53. The fourth-order valence-electron chi connectivity index (χ4n) is 1.98. The summed E-state index contributed by atoms with van der Waals surface area (Å²) in [6.45, 7) is 1.43. The van der Waals surface area contributed by atoms with Crippen LogP contribution in [0.5, 0.6) is 0 Å². The zero-order valence-electron chi connectivity index (χ0n) is 11.9. The van der Waals surface area contributed by atoms with Gasteiger partial charge >= 0.3 is 0 Å². The fourth-order valence-corrected chi connectivity index (χ4v) is 3.04. The van der Waals surface area contributed by atoms with Gasteiger partial charge in [0.1, 0.15) is 5.78 Å². The van der Waals surface area contributed by atoms with Crippen molar-refractivity contribution in [2.45, 2.75) is 23.2 Å². The molecule has 0 fully saturated rings. The average Bonchev–Trinajstić information content (AvgIpc) is 2.53. The highest BCUT2D eigenvalue weighted by Crippen LogP contribution is 2.33. The van der Waals surface area contributed by atoms with E-state index in [4.69, 9.17) is 0 Å². The molecule has 22 heavy (non-hydrogen) atoms. The highest BCUT2D eigenvalue weighted by Gasteiger charge is 2.26. The number of ketones is 1.